The van der Waals surface area contributed by atoms with Gasteiger partial charge in [0.1, 0.15) is 11.0 Å². The fraction of sp³-hybridized carbons (Fsp3) is 0.167. The molecule has 0 bridgehead atoms. The quantitative estimate of drug-likeness (QED) is 0.625. The van der Waals surface area contributed by atoms with Gasteiger partial charge >= 0.3 is 0 Å². The maximum atomic E-state index is 11.0. The predicted octanol–water partition coefficient (Wildman–Crippen LogP) is -0.366. The number of hydrogen-bond donors (Lipinski definition) is 0. The summed E-state index contributed by atoms with van der Waals surface area (Å²) < 4.78 is 22.7. The lowest BCUT2D eigenvalue weighted by Crippen LogP contribution is -2.13. The van der Waals surface area contributed by atoms with Crippen molar-refractivity contribution in [2.24, 2.45) is 0 Å². The average molecular weight is 198 g/mol. The van der Waals surface area contributed by atoms with Gasteiger partial charge in [-0.05, 0) is 6.07 Å². The molecule has 68 valence electrons. The Morgan fingerprint density at radius 1 is 1.31 bits per heavy atom. The van der Waals surface area contributed by atoms with Gasteiger partial charge in [-0.2, -0.15) is 0 Å². The summed E-state index contributed by atoms with van der Waals surface area (Å²) in [5.41, 5.74) is 0.980. The highest BCUT2D eigenvalue weighted by molar-refractivity contribution is 7.88. The Kier molecular flexibility index (Phi) is 1.56. The lowest BCUT2D eigenvalue weighted by molar-refractivity contribution is 0.576. The molecule has 0 radical (unpaired) electrons. The first-order chi connectivity index (χ1) is 6.07. The second-order valence-corrected chi connectivity index (χ2v) is 4.34. The minimum atomic E-state index is -3.40. The summed E-state index contributed by atoms with van der Waals surface area (Å²) in [5.74, 6) is 0. The maximum Gasteiger partial charge on any atom is 0.267 e. The standard InChI is InChI=1S/C6H6N4O2S/c1-13(11,12)10-8-5-2-3-7-4-6(5)9-10/h2-4H,1H3. The summed E-state index contributed by atoms with van der Waals surface area (Å²) in [6, 6.07) is 1.60. The van der Waals surface area contributed by atoms with Gasteiger partial charge in [0.25, 0.3) is 10.0 Å². The van der Waals surface area contributed by atoms with Crippen LogP contribution in [0.3, 0.4) is 0 Å². The van der Waals surface area contributed by atoms with E-state index < -0.39 is 10.0 Å². The smallest absolute Gasteiger partial charge is 0.262 e. The van der Waals surface area contributed by atoms with Crippen LogP contribution >= 0.6 is 0 Å². The molecule has 0 aliphatic rings. The van der Waals surface area contributed by atoms with Crippen molar-refractivity contribution in [2.75, 3.05) is 6.26 Å². The largest absolute Gasteiger partial charge is 0.267 e. The summed E-state index contributed by atoms with van der Waals surface area (Å²) in [5, 5.41) is 7.50. The fourth-order valence-corrected chi connectivity index (χ4v) is 1.37. The second-order valence-electron chi connectivity index (χ2n) is 2.55. The molecule has 0 saturated heterocycles. The molecular weight excluding hydrogens is 192 g/mol. The molecule has 0 fully saturated rings. The Morgan fingerprint density at radius 3 is 2.62 bits per heavy atom. The van der Waals surface area contributed by atoms with E-state index in [1.54, 1.807) is 6.07 Å². The molecule has 0 atom stereocenters. The van der Waals surface area contributed by atoms with E-state index in [4.69, 9.17) is 0 Å². The highest BCUT2D eigenvalue weighted by Crippen LogP contribution is 2.05. The molecule has 0 saturated carbocycles. The van der Waals surface area contributed by atoms with E-state index in [-0.39, 0.29) is 0 Å². The monoisotopic (exact) mass is 198 g/mol. The van der Waals surface area contributed by atoms with Crippen molar-refractivity contribution in [1.29, 1.82) is 0 Å². The van der Waals surface area contributed by atoms with Crippen LogP contribution in [0.15, 0.2) is 18.5 Å². The van der Waals surface area contributed by atoms with E-state index in [2.05, 4.69) is 15.2 Å². The van der Waals surface area contributed by atoms with Crippen molar-refractivity contribution in [1.82, 2.24) is 19.4 Å². The number of nitrogens with zero attached hydrogens (tertiary/aromatic N) is 4. The van der Waals surface area contributed by atoms with Crippen LogP contribution < -0.4 is 0 Å². The van der Waals surface area contributed by atoms with E-state index in [1.807, 2.05) is 0 Å². The van der Waals surface area contributed by atoms with Crippen LogP contribution in [0.25, 0.3) is 11.0 Å². The van der Waals surface area contributed by atoms with Crippen LogP contribution in [0.1, 0.15) is 0 Å². The van der Waals surface area contributed by atoms with Crippen LogP contribution in [-0.4, -0.2) is 34.1 Å². The molecule has 0 aliphatic heterocycles. The van der Waals surface area contributed by atoms with Gasteiger partial charge in [-0.15, -0.1) is 10.2 Å². The first-order valence-corrected chi connectivity index (χ1v) is 5.30. The zero-order valence-electron chi connectivity index (χ0n) is 6.75. The van der Waals surface area contributed by atoms with Gasteiger partial charge in [-0.1, -0.05) is 4.20 Å². The molecule has 2 heterocycles. The molecule has 6 nitrogen and oxygen atoms in total. The minimum Gasteiger partial charge on any atom is -0.262 e. The summed E-state index contributed by atoms with van der Waals surface area (Å²) in [6.45, 7) is 0. The van der Waals surface area contributed by atoms with Gasteiger partial charge in [0.2, 0.25) is 0 Å². The van der Waals surface area contributed by atoms with Gasteiger partial charge in [0.05, 0.1) is 12.5 Å². The molecule has 7 heteroatoms. The second kappa shape index (κ2) is 2.49. The molecule has 2 rings (SSSR count). The molecular formula is C6H6N4O2S. The zero-order chi connectivity index (χ0) is 9.47. The fourth-order valence-electron chi connectivity index (χ4n) is 0.895. The predicted molar refractivity (Wildman–Crippen MR) is 45.6 cm³/mol. The number of hydrogen-bond acceptors (Lipinski definition) is 5. The van der Waals surface area contributed by atoms with Crippen LogP contribution in [0, 0.1) is 0 Å². The Hall–Kier alpha value is -1.50. The van der Waals surface area contributed by atoms with Crippen molar-refractivity contribution < 1.29 is 8.42 Å². The summed E-state index contributed by atoms with van der Waals surface area (Å²) >= 11 is 0. The normalized spacial score (nSPS) is 12.1. The average Bonchev–Trinajstić information content (AvgIpc) is 2.45. The molecule has 2 aromatic heterocycles. The molecule has 0 unspecified atom stereocenters. The first kappa shape index (κ1) is 8.11. The lowest BCUT2D eigenvalue weighted by Gasteiger charge is -1.90. The lowest BCUT2D eigenvalue weighted by atomic mass is 10.4. The highest BCUT2D eigenvalue weighted by atomic mass is 32.2. The van der Waals surface area contributed by atoms with E-state index in [0.29, 0.717) is 15.2 Å². The summed E-state index contributed by atoms with van der Waals surface area (Å²) in [6.07, 6.45) is 4.03. The van der Waals surface area contributed by atoms with E-state index in [1.165, 1.54) is 12.4 Å². The van der Waals surface area contributed by atoms with Crippen molar-refractivity contribution >= 4 is 21.1 Å². The third kappa shape index (κ3) is 1.37. The summed E-state index contributed by atoms with van der Waals surface area (Å²) in [7, 11) is -3.40. The topological polar surface area (TPSA) is 77.7 Å². The van der Waals surface area contributed by atoms with Crippen molar-refractivity contribution in [3.8, 4) is 0 Å². The van der Waals surface area contributed by atoms with Gasteiger partial charge in [0.15, 0.2) is 0 Å². The van der Waals surface area contributed by atoms with Gasteiger partial charge < -0.3 is 0 Å². The van der Waals surface area contributed by atoms with Crippen LogP contribution in [0.2, 0.25) is 0 Å². The first-order valence-electron chi connectivity index (χ1n) is 3.45. The molecule has 0 amide bonds. The number of rotatable bonds is 1. The van der Waals surface area contributed by atoms with Crippen LogP contribution in [0.4, 0.5) is 0 Å². The highest BCUT2D eigenvalue weighted by Gasteiger charge is 2.09. The molecule has 0 spiro atoms. The van der Waals surface area contributed by atoms with Crippen molar-refractivity contribution in [3.63, 3.8) is 0 Å². The minimum absolute atomic E-state index is 0.466. The Labute approximate surface area is 74.3 Å². The maximum absolute atomic E-state index is 11.0. The van der Waals surface area contributed by atoms with Crippen molar-refractivity contribution in [3.05, 3.63) is 18.5 Å². The number of aromatic nitrogens is 4. The SMILES string of the molecule is CS(=O)(=O)n1nc2ccncc2n1. The van der Waals surface area contributed by atoms with Gasteiger partial charge in [-0.3, -0.25) is 4.98 Å². The third-order valence-corrected chi connectivity index (χ3v) is 2.22. The van der Waals surface area contributed by atoms with E-state index in [9.17, 15) is 8.42 Å². The third-order valence-electron chi connectivity index (χ3n) is 1.46. The Morgan fingerprint density at radius 2 is 2.00 bits per heavy atom. The molecule has 0 N–H and O–H groups in total. The van der Waals surface area contributed by atoms with Gasteiger partial charge in [0, 0.05) is 6.20 Å². The van der Waals surface area contributed by atoms with Crippen molar-refractivity contribution in [2.45, 2.75) is 0 Å². The van der Waals surface area contributed by atoms with Crippen LogP contribution in [0.5, 0.6) is 0 Å². The zero-order valence-corrected chi connectivity index (χ0v) is 7.56. The molecule has 0 aliphatic carbocycles. The van der Waals surface area contributed by atoms with Gasteiger partial charge in [-0.25, -0.2) is 8.42 Å². The number of fused-ring (bicyclic) bond motifs is 1. The molecule has 13 heavy (non-hydrogen) atoms. The summed E-state index contributed by atoms with van der Waals surface area (Å²) in [4.78, 5) is 3.80. The molecule has 2 aromatic rings. The van der Waals surface area contributed by atoms with Crippen LogP contribution in [-0.2, 0) is 10.0 Å². The van der Waals surface area contributed by atoms with E-state index in [0.717, 1.165) is 6.26 Å². The molecule has 0 aromatic carbocycles. The van der Waals surface area contributed by atoms with E-state index >= 15 is 0 Å². The Bertz CT molecular complexity index is 512. The Balaban J connectivity index is 2.77. The number of pyridine rings is 1.